The maximum absolute atomic E-state index is 5.23. The van der Waals surface area contributed by atoms with Crippen LogP contribution in [0.1, 0.15) is 33.6 Å². The third-order valence-electron chi connectivity index (χ3n) is 0.808. The van der Waals surface area contributed by atoms with Gasteiger partial charge in [0.25, 0.3) is 0 Å². The second-order valence-electron chi connectivity index (χ2n) is 2.20. The van der Waals surface area contributed by atoms with Crippen molar-refractivity contribution in [3.05, 3.63) is 0 Å². The molecular weight excluding hydrogens is 124 g/mol. The molecule has 0 aliphatic carbocycles. The third-order valence-corrected chi connectivity index (χ3v) is 0.808. The molecule has 0 aliphatic heterocycles. The molecule has 0 aliphatic rings. The number of nitrogens with two attached hydrogens (primary N) is 1. The van der Waals surface area contributed by atoms with E-state index in [-0.39, 0.29) is 0 Å². The minimum Gasteiger partial charge on any atom is -0.330 e. The Bertz CT molecular complexity index is 34.2. The average molecular weight is 146 g/mol. The summed E-state index contributed by atoms with van der Waals surface area (Å²) in [5.74, 6) is 0. The van der Waals surface area contributed by atoms with Crippen LogP contribution in [0.2, 0.25) is 0 Å². The SMILES string of the molecule is CCC.CCNCCCN. The fourth-order valence-electron chi connectivity index (χ4n) is 0.404. The van der Waals surface area contributed by atoms with E-state index in [0.29, 0.717) is 0 Å². The lowest BCUT2D eigenvalue weighted by atomic mass is 10.4. The number of rotatable bonds is 4. The van der Waals surface area contributed by atoms with Gasteiger partial charge < -0.3 is 11.1 Å². The van der Waals surface area contributed by atoms with Crippen molar-refractivity contribution in [2.24, 2.45) is 5.73 Å². The summed E-state index contributed by atoms with van der Waals surface area (Å²) in [7, 11) is 0. The smallest absolute Gasteiger partial charge is 0.00370 e. The van der Waals surface area contributed by atoms with Crippen molar-refractivity contribution in [2.75, 3.05) is 19.6 Å². The molecule has 3 N–H and O–H groups in total. The Labute approximate surface area is 65.2 Å². The van der Waals surface area contributed by atoms with Crippen molar-refractivity contribution in [3.63, 3.8) is 0 Å². The van der Waals surface area contributed by atoms with Gasteiger partial charge in [-0.15, -0.1) is 0 Å². The van der Waals surface area contributed by atoms with E-state index in [1.165, 1.54) is 6.42 Å². The van der Waals surface area contributed by atoms with E-state index < -0.39 is 0 Å². The first-order valence-corrected chi connectivity index (χ1v) is 4.24. The van der Waals surface area contributed by atoms with Gasteiger partial charge in [0.15, 0.2) is 0 Å². The second kappa shape index (κ2) is 16.0. The predicted octanol–water partition coefficient (Wildman–Crippen LogP) is 1.36. The van der Waals surface area contributed by atoms with Crippen LogP contribution in [0.3, 0.4) is 0 Å². The molecule has 10 heavy (non-hydrogen) atoms. The summed E-state index contributed by atoms with van der Waals surface area (Å²) in [6.07, 6.45) is 2.34. The second-order valence-corrected chi connectivity index (χ2v) is 2.20. The summed E-state index contributed by atoms with van der Waals surface area (Å²) in [5.41, 5.74) is 5.23. The average Bonchev–Trinajstić information content (AvgIpc) is 1.91. The number of hydrogen-bond acceptors (Lipinski definition) is 2. The van der Waals surface area contributed by atoms with Gasteiger partial charge in [0.1, 0.15) is 0 Å². The van der Waals surface area contributed by atoms with Gasteiger partial charge in [-0.05, 0) is 26.1 Å². The highest BCUT2D eigenvalue weighted by atomic mass is 14.8. The van der Waals surface area contributed by atoms with Gasteiger partial charge in [0, 0.05) is 0 Å². The lowest BCUT2D eigenvalue weighted by Crippen LogP contribution is -2.17. The van der Waals surface area contributed by atoms with E-state index in [0.717, 1.165) is 26.1 Å². The van der Waals surface area contributed by atoms with E-state index in [9.17, 15) is 0 Å². The molecule has 0 heterocycles. The molecule has 0 unspecified atom stereocenters. The molecule has 0 fully saturated rings. The summed E-state index contributed by atoms with van der Waals surface area (Å²) in [6.45, 7) is 9.26. The molecule has 64 valence electrons. The van der Waals surface area contributed by atoms with Gasteiger partial charge in [-0.1, -0.05) is 27.2 Å². The maximum Gasteiger partial charge on any atom is -0.00370 e. The van der Waals surface area contributed by atoms with Crippen LogP contribution in [0.15, 0.2) is 0 Å². The summed E-state index contributed by atoms with van der Waals surface area (Å²) in [4.78, 5) is 0. The van der Waals surface area contributed by atoms with Gasteiger partial charge in [-0.3, -0.25) is 0 Å². The zero-order chi connectivity index (χ0) is 8.24. The molecule has 0 bridgehead atoms. The summed E-state index contributed by atoms with van der Waals surface area (Å²) < 4.78 is 0. The molecule has 0 aromatic carbocycles. The first-order chi connectivity index (χ1) is 4.83. The Morgan fingerprint density at radius 3 is 2.00 bits per heavy atom. The predicted molar refractivity (Wildman–Crippen MR) is 48.2 cm³/mol. The normalized spacial score (nSPS) is 8.40. The van der Waals surface area contributed by atoms with E-state index in [2.05, 4.69) is 26.1 Å². The highest BCUT2D eigenvalue weighted by Gasteiger charge is 1.77. The standard InChI is InChI=1S/C5H14N2.C3H8/c1-2-7-5-3-4-6;1-3-2/h7H,2-6H2,1H3;3H2,1-2H3. The number of nitrogens with one attached hydrogen (secondary N) is 1. The highest BCUT2D eigenvalue weighted by Crippen LogP contribution is 1.66. The van der Waals surface area contributed by atoms with Crippen LogP contribution in [0.25, 0.3) is 0 Å². The topological polar surface area (TPSA) is 38.0 Å². The van der Waals surface area contributed by atoms with E-state index in [1.54, 1.807) is 0 Å². The van der Waals surface area contributed by atoms with Crippen LogP contribution >= 0.6 is 0 Å². The molecule has 2 nitrogen and oxygen atoms in total. The lowest BCUT2D eigenvalue weighted by Gasteiger charge is -1.95. The van der Waals surface area contributed by atoms with Gasteiger partial charge in [-0.25, -0.2) is 0 Å². The van der Waals surface area contributed by atoms with Crippen LogP contribution in [-0.4, -0.2) is 19.6 Å². The third kappa shape index (κ3) is 24.7. The lowest BCUT2D eigenvalue weighted by molar-refractivity contribution is 0.679. The van der Waals surface area contributed by atoms with Crippen molar-refractivity contribution >= 4 is 0 Å². The number of hydrogen-bond donors (Lipinski definition) is 2. The zero-order valence-electron chi connectivity index (χ0n) is 7.61. The quantitative estimate of drug-likeness (QED) is 0.588. The molecule has 0 aromatic heterocycles. The Morgan fingerprint density at radius 1 is 1.20 bits per heavy atom. The Hall–Kier alpha value is -0.0800. The summed E-state index contributed by atoms with van der Waals surface area (Å²) in [6, 6.07) is 0. The van der Waals surface area contributed by atoms with E-state index >= 15 is 0 Å². The molecular formula is C8H22N2. The van der Waals surface area contributed by atoms with Crippen molar-refractivity contribution in [1.29, 1.82) is 0 Å². The van der Waals surface area contributed by atoms with Crippen molar-refractivity contribution < 1.29 is 0 Å². The first kappa shape index (κ1) is 12.6. The summed E-state index contributed by atoms with van der Waals surface area (Å²) >= 11 is 0. The monoisotopic (exact) mass is 146 g/mol. The molecule has 0 radical (unpaired) electrons. The fraction of sp³-hybridized carbons (Fsp3) is 1.00. The molecule has 0 aromatic rings. The van der Waals surface area contributed by atoms with E-state index in [4.69, 9.17) is 5.73 Å². The van der Waals surface area contributed by atoms with Gasteiger partial charge in [-0.2, -0.15) is 0 Å². The highest BCUT2D eigenvalue weighted by molar-refractivity contribution is 4.42. The van der Waals surface area contributed by atoms with E-state index in [1.807, 2.05) is 0 Å². The largest absolute Gasteiger partial charge is 0.330 e. The van der Waals surface area contributed by atoms with Crippen molar-refractivity contribution in [1.82, 2.24) is 5.32 Å². The van der Waals surface area contributed by atoms with Crippen LogP contribution in [0.5, 0.6) is 0 Å². The molecule has 0 rings (SSSR count). The molecule has 0 spiro atoms. The molecule has 2 heteroatoms. The van der Waals surface area contributed by atoms with Crippen LogP contribution in [0.4, 0.5) is 0 Å². The van der Waals surface area contributed by atoms with Crippen LogP contribution in [0, 0.1) is 0 Å². The van der Waals surface area contributed by atoms with Crippen molar-refractivity contribution in [3.8, 4) is 0 Å². The Balaban J connectivity index is 0. The Morgan fingerprint density at radius 2 is 1.70 bits per heavy atom. The molecule has 0 saturated carbocycles. The molecule has 0 saturated heterocycles. The first-order valence-electron chi connectivity index (χ1n) is 4.24. The van der Waals surface area contributed by atoms with Crippen LogP contribution < -0.4 is 11.1 Å². The minimum atomic E-state index is 0.799. The van der Waals surface area contributed by atoms with Gasteiger partial charge >= 0.3 is 0 Å². The van der Waals surface area contributed by atoms with Gasteiger partial charge in [0.2, 0.25) is 0 Å². The Kier molecular flexibility index (Phi) is 20.1. The van der Waals surface area contributed by atoms with Gasteiger partial charge in [0.05, 0.1) is 0 Å². The maximum atomic E-state index is 5.23. The minimum absolute atomic E-state index is 0.799. The molecule has 0 amide bonds. The summed E-state index contributed by atoms with van der Waals surface area (Å²) in [5, 5.41) is 3.17. The zero-order valence-corrected chi connectivity index (χ0v) is 7.61. The van der Waals surface area contributed by atoms with Crippen molar-refractivity contribution in [2.45, 2.75) is 33.6 Å². The fourth-order valence-corrected chi connectivity index (χ4v) is 0.404. The van der Waals surface area contributed by atoms with Crippen LogP contribution in [-0.2, 0) is 0 Å². The molecule has 0 atom stereocenters.